The minimum Gasteiger partial charge on any atom is -0.467 e. The van der Waals surface area contributed by atoms with Crippen molar-refractivity contribution in [1.82, 2.24) is 14.9 Å². The van der Waals surface area contributed by atoms with E-state index in [-0.39, 0.29) is 30.1 Å². The third kappa shape index (κ3) is 2.93. The quantitative estimate of drug-likeness (QED) is 0.760. The summed E-state index contributed by atoms with van der Waals surface area (Å²) in [5.74, 6) is -0.539. The summed E-state index contributed by atoms with van der Waals surface area (Å²) in [4.78, 5) is 34.7. The standard InChI is InChI=1S/C16H21N3O4/c1-9-7-18-11(8-17-9)15(20)19-10(2)4-5-13-12(19)6-14(23-13)16(21)22-3/h7-8,10,12-14H,4-6H2,1-3H3/t10-,12-,13+,14+/m1/s1. The van der Waals surface area contributed by atoms with Gasteiger partial charge in [-0.1, -0.05) is 0 Å². The Kier molecular flexibility index (Phi) is 4.30. The van der Waals surface area contributed by atoms with Gasteiger partial charge in [0.25, 0.3) is 5.91 Å². The molecule has 124 valence electrons. The Morgan fingerprint density at radius 2 is 2.09 bits per heavy atom. The van der Waals surface area contributed by atoms with Crippen molar-refractivity contribution < 1.29 is 19.1 Å². The average molecular weight is 319 g/mol. The van der Waals surface area contributed by atoms with E-state index in [0.29, 0.717) is 12.1 Å². The third-order valence-corrected chi connectivity index (χ3v) is 4.62. The van der Waals surface area contributed by atoms with Gasteiger partial charge in [-0.15, -0.1) is 0 Å². The van der Waals surface area contributed by atoms with Crippen molar-refractivity contribution in [3.8, 4) is 0 Å². The summed E-state index contributed by atoms with van der Waals surface area (Å²) in [5.41, 5.74) is 1.09. The van der Waals surface area contributed by atoms with Gasteiger partial charge < -0.3 is 14.4 Å². The fraction of sp³-hybridized carbons (Fsp3) is 0.625. The Morgan fingerprint density at radius 1 is 1.30 bits per heavy atom. The smallest absolute Gasteiger partial charge is 0.335 e. The number of ether oxygens (including phenoxy) is 2. The normalized spacial score (nSPS) is 30.0. The van der Waals surface area contributed by atoms with Crippen LogP contribution in [0.4, 0.5) is 0 Å². The van der Waals surface area contributed by atoms with Crippen molar-refractivity contribution >= 4 is 11.9 Å². The molecule has 7 heteroatoms. The van der Waals surface area contributed by atoms with E-state index in [9.17, 15) is 9.59 Å². The van der Waals surface area contributed by atoms with E-state index in [1.54, 1.807) is 11.1 Å². The lowest BCUT2D eigenvalue weighted by Gasteiger charge is -2.41. The van der Waals surface area contributed by atoms with E-state index in [0.717, 1.165) is 18.5 Å². The van der Waals surface area contributed by atoms with Crippen molar-refractivity contribution in [2.24, 2.45) is 0 Å². The van der Waals surface area contributed by atoms with Crippen LogP contribution in [0.3, 0.4) is 0 Å². The molecule has 7 nitrogen and oxygen atoms in total. The lowest BCUT2D eigenvalue weighted by atomic mass is 9.92. The lowest BCUT2D eigenvalue weighted by Crippen LogP contribution is -2.53. The van der Waals surface area contributed by atoms with Gasteiger partial charge in [-0.3, -0.25) is 9.78 Å². The molecule has 1 aromatic heterocycles. The molecule has 2 aliphatic heterocycles. The molecule has 0 radical (unpaired) electrons. The molecule has 0 spiro atoms. The van der Waals surface area contributed by atoms with Crippen LogP contribution >= 0.6 is 0 Å². The van der Waals surface area contributed by atoms with E-state index in [4.69, 9.17) is 9.47 Å². The minimum absolute atomic E-state index is 0.0758. The Labute approximate surface area is 135 Å². The van der Waals surface area contributed by atoms with Crippen LogP contribution in [0.5, 0.6) is 0 Å². The highest BCUT2D eigenvalue weighted by Gasteiger charge is 2.48. The Bertz CT molecular complexity index is 604. The van der Waals surface area contributed by atoms with Crippen LogP contribution in [0, 0.1) is 6.92 Å². The number of hydrogen-bond donors (Lipinski definition) is 0. The molecule has 1 aromatic rings. The second-order valence-electron chi connectivity index (χ2n) is 6.17. The Morgan fingerprint density at radius 3 is 2.74 bits per heavy atom. The van der Waals surface area contributed by atoms with Gasteiger partial charge in [0.05, 0.1) is 31.1 Å². The molecule has 0 N–H and O–H groups in total. The summed E-state index contributed by atoms with van der Waals surface area (Å²) < 4.78 is 10.6. The molecule has 23 heavy (non-hydrogen) atoms. The first kappa shape index (κ1) is 15.9. The van der Waals surface area contributed by atoms with Gasteiger partial charge in [0.15, 0.2) is 6.10 Å². The van der Waals surface area contributed by atoms with E-state index >= 15 is 0 Å². The van der Waals surface area contributed by atoms with Gasteiger partial charge >= 0.3 is 5.97 Å². The number of likely N-dealkylation sites (tertiary alicyclic amines) is 1. The first-order valence-electron chi connectivity index (χ1n) is 7.86. The zero-order valence-corrected chi connectivity index (χ0v) is 13.6. The molecule has 4 atom stereocenters. The number of rotatable bonds is 2. The van der Waals surface area contributed by atoms with Crippen molar-refractivity contribution in [2.75, 3.05) is 7.11 Å². The number of amides is 1. The van der Waals surface area contributed by atoms with Crippen LogP contribution in [0.1, 0.15) is 42.4 Å². The topological polar surface area (TPSA) is 81.6 Å². The number of aryl methyl sites for hydroxylation is 1. The summed E-state index contributed by atoms with van der Waals surface area (Å²) in [6.45, 7) is 3.84. The summed E-state index contributed by atoms with van der Waals surface area (Å²) in [7, 11) is 1.35. The van der Waals surface area contributed by atoms with Crippen LogP contribution in [-0.4, -0.2) is 58.1 Å². The molecule has 3 rings (SSSR count). The number of esters is 1. The third-order valence-electron chi connectivity index (χ3n) is 4.62. The van der Waals surface area contributed by atoms with Gasteiger partial charge in [0.2, 0.25) is 0 Å². The average Bonchev–Trinajstić information content (AvgIpc) is 2.98. The van der Waals surface area contributed by atoms with E-state index < -0.39 is 6.10 Å². The summed E-state index contributed by atoms with van der Waals surface area (Å²) in [6.07, 6.45) is 4.50. The number of hydrogen-bond acceptors (Lipinski definition) is 6. The van der Waals surface area contributed by atoms with Crippen LogP contribution in [0.15, 0.2) is 12.4 Å². The van der Waals surface area contributed by atoms with E-state index in [2.05, 4.69) is 9.97 Å². The molecule has 2 fully saturated rings. The highest BCUT2D eigenvalue weighted by atomic mass is 16.6. The molecule has 2 aliphatic rings. The van der Waals surface area contributed by atoms with Gasteiger partial charge in [-0.25, -0.2) is 9.78 Å². The van der Waals surface area contributed by atoms with Crippen LogP contribution in [0.25, 0.3) is 0 Å². The monoisotopic (exact) mass is 319 g/mol. The number of aromatic nitrogens is 2. The molecule has 1 amide bonds. The van der Waals surface area contributed by atoms with E-state index in [1.165, 1.54) is 13.3 Å². The molecular formula is C16H21N3O4. The molecule has 0 unspecified atom stereocenters. The maximum atomic E-state index is 12.9. The zero-order valence-electron chi connectivity index (χ0n) is 13.6. The molecule has 0 saturated carbocycles. The maximum absolute atomic E-state index is 12.9. The van der Waals surface area contributed by atoms with Crippen molar-refractivity contribution in [3.63, 3.8) is 0 Å². The summed E-state index contributed by atoms with van der Waals surface area (Å²) >= 11 is 0. The number of fused-ring (bicyclic) bond motifs is 1. The predicted molar refractivity (Wildman–Crippen MR) is 80.7 cm³/mol. The van der Waals surface area contributed by atoms with Crippen LogP contribution in [-0.2, 0) is 14.3 Å². The highest BCUT2D eigenvalue weighted by Crippen LogP contribution is 2.35. The SMILES string of the molecule is COC(=O)[C@@H]1C[C@@H]2[C@H](CC[C@@H](C)N2C(=O)c2cnc(C)cn2)O1. The van der Waals surface area contributed by atoms with Crippen molar-refractivity contribution in [2.45, 2.75) is 57.4 Å². The summed E-state index contributed by atoms with van der Waals surface area (Å²) in [6, 6.07) is -0.0506. The number of methoxy groups -OCH3 is 1. The number of piperidine rings is 1. The Hall–Kier alpha value is -2.02. The number of nitrogens with zero attached hydrogens (tertiary/aromatic N) is 3. The molecular weight excluding hydrogens is 298 g/mol. The fourth-order valence-corrected chi connectivity index (χ4v) is 3.42. The highest BCUT2D eigenvalue weighted by molar-refractivity contribution is 5.92. The van der Waals surface area contributed by atoms with Gasteiger partial charge in [0, 0.05) is 18.7 Å². The first-order chi connectivity index (χ1) is 11.0. The van der Waals surface area contributed by atoms with Gasteiger partial charge in [-0.05, 0) is 26.7 Å². The molecule has 3 heterocycles. The second kappa shape index (κ2) is 6.23. The largest absolute Gasteiger partial charge is 0.467 e. The molecule has 2 saturated heterocycles. The Balaban J connectivity index is 1.83. The van der Waals surface area contributed by atoms with E-state index in [1.807, 2.05) is 13.8 Å². The van der Waals surface area contributed by atoms with Crippen LogP contribution < -0.4 is 0 Å². The second-order valence-corrected chi connectivity index (χ2v) is 6.17. The maximum Gasteiger partial charge on any atom is 0.335 e. The summed E-state index contributed by atoms with van der Waals surface area (Å²) in [5, 5.41) is 0. The van der Waals surface area contributed by atoms with Crippen molar-refractivity contribution in [1.29, 1.82) is 0 Å². The first-order valence-corrected chi connectivity index (χ1v) is 7.86. The minimum atomic E-state index is -0.597. The van der Waals surface area contributed by atoms with Crippen LogP contribution in [0.2, 0.25) is 0 Å². The molecule has 0 bridgehead atoms. The predicted octanol–water partition coefficient (Wildman–Crippen LogP) is 1.11. The fourth-order valence-electron chi connectivity index (χ4n) is 3.42. The molecule has 0 aliphatic carbocycles. The zero-order chi connectivity index (χ0) is 16.6. The number of carbonyl (C=O) groups excluding carboxylic acids is 2. The van der Waals surface area contributed by atoms with Gasteiger partial charge in [0.1, 0.15) is 5.69 Å². The molecule has 0 aromatic carbocycles. The lowest BCUT2D eigenvalue weighted by molar-refractivity contribution is -0.153. The number of carbonyl (C=O) groups is 2. The van der Waals surface area contributed by atoms with Crippen molar-refractivity contribution in [3.05, 3.63) is 23.8 Å². The van der Waals surface area contributed by atoms with Gasteiger partial charge in [-0.2, -0.15) is 0 Å².